The number of fused-ring (bicyclic) bond motifs is 1. The van der Waals surface area contributed by atoms with Crippen LogP contribution >= 0.6 is 11.6 Å². The number of hydrogen-bond donors (Lipinski definition) is 1. The monoisotopic (exact) mass is 482 g/mol. The lowest BCUT2D eigenvalue weighted by Crippen LogP contribution is -2.46. The largest absolute Gasteiger partial charge is 0.369 e. The number of aromatic nitrogens is 4. The van der Waals surface area contributed by atoms with Crippen molar-refractivity contribution in [1.82, 2.24) is 24.0 Å². The minimum atomic E-state index is -0.509. The Hall–Kier alpha value is -3.43. The van der Waals surface area contributed by atoms with Crippen molar-refractivity contribution in [2.45, 2.75) is 13.1 Å². The van der Waals surface area contributed by atoms with Gasteiger partial charge in [-0.2, -0.15) is 0 Å². The predicted octanol–water partition coefficient (Wildman–Crippen LogP) is 2.59. The van der Waals surface area contributed by atoms with Gasteiger partial charge in [-0.25, -0.2) is 14.2 Å². The molecule has 2 aromatic heterocycles. The number of anilines is 1. The Morgan fingerprint density at radius 3 is 2.47 bits per heavy atom. The summed E-state index contributed by atoms with van der Waals surface area (Å²) in [4.78, 5) is 36.5. The molecule has 1 fully saturated rings. The van der Waals surface area contributed by atoms with Gasteiger partial charge in [-0.15, -0.1) is 0 Å². The zero-order valence-corrected chi connectivity index (χ0v) is 19.4. The van der Waals surface area contributed by atoms with Crippen LogP contribution < -0.4 is 16.1 Å². The van der Waals surface area contributed by atoms with Crippen LogP contribution in [-0.2, 0) is 20.1 Å². The van der Waals surface area contributed by atoms with Crippen LogP contribution in [0.3, 0.4) is 0 Å². The molecule has 1 N–H and O–H groups in total. The number of nitrogens with zero attached hydrogens (tertiary/aromatic N) is 5. The van der Waals surface area contributed by atoms with Gasteiger partial charge in [0.2, 0.25) is 0 Å². The van der Waals surface area contributed by atoms with E-state index in [0.29, 0.717) is 35.1 Å². The van der Waals surface area contributed by atoms with Crippen molar-refractivity contribution in [3.63, 3.8) is 0 Å². The zero-order chi connectivity index (χ0) is 23.8. The van der Waals surface area contributed by atoms with Crippen molar-refractivity contribution >= 4 is 28.5 Å². The highest BCUT2D eigenvalue weighted by Crippen LogP contribution is 2.22. The summed E-state index contributed by atoms with van der Waals surface area (Å²) in [6.07, 6.45) is 0. The van der Waals surface area contributed by atoms with E-state index in [4.69, 9.17) is 11.6 Å². The van der Waals surface area contributed by atoms with Crippen LogP contribution in [0.1, 0.15) is 11.4 Å². The Bertz CT molecular complexity index is 1450. The molecule has 0 atom stereocenters. The van der Waals surface area contributed by atoms with E-state index in [1.54, 1.807) is 19.2 Å². The van der Waals surface area contributed by atoms with Gasteiger partial charge in [0, 0.05) is 50.5 Å². The van der Waals surface area contributed by atoms with Gasteiger partial charge in [0.1, 0.15) is 11.6 Å². The number of imidazole rings is 1. The molecule has 8 nitrogen and oxygen atoms in total. The summed E-state index contributed by atoms with van der Waals surface area (Å²) in [6, 6.07) is 14.0. The van der Waals surface area contributed by atoms with Crippen molar-refractivity contribution in [2.24, 2.45) is 7.05 Å². The van der Waals surface area contributed by atoms with Gasteiger partial charge >= 0.3 is 5.69 Å². The third-order valence-electron chi connectivity index (χ3n) is 6.25. The van der Waals surface area contributed by atoms with E-state index in [-0.39, 0.29) is 5.82 Å². The first kappa shape index (κ1) is 22.4. The van der Waals surface area contributed by atoms with Crippen LogP contribution in [0.2, 0.25) is 5.02 Å². The summed E-state index contributed by atoms with van der Waals surface area (Å²) in [5.74, 6) is 0.361. The maximum absolute atomic E-state index is 13.4. The maximum atomic E-state index is 13.4. The van der Waals surface area contributed by atoms with E-state index in [1.165, 1.54) is 16.7 Å². The first-order valence-electron chi connectivity index (χ1n) is 11.0. The third-order valence-corrected chi connectivity index (χ3v) is 6.49. The molecule has 34 heavy (non-hydrogen) atoms. The number of nitrogens with one attached hydrogen (secondary N) is 1. The molecule has 1 aliphatic rings. The average molecular weight is 483 g/mol. The fraction of sp³-hybridized carbons (Fsp3) is 0.292. The van der Waals surface area contributed by atoms with Crippen LogP contribution in [-0.4, -0.2) is 50.2 Å². The molecule has 0 unspecified atom stereocenters. The van der Waals surface area contributed by atoms with Gasteiger partial charge in [-0.05, 0) is 35.9 Å². The van der Waals surface area contributed by atoms with E-state index in [9.17, 15) is 14.0 Å². The number of halogens is 2. The second-order valence-electron chi connectivity index (χ2n) is 8.47. The second-order valence-corrected chi connectivity index (χ2v) is 8.91. The molecule has 0 amide bonds. The molecule has 2 aromatic carbocycles. The number of piperazine rings is 1. The number of rotatable bonds is 5. The second kappa shape index (κ2) is 9.08. The molecule has 1 saturated heterocycles. The number of hydrogen-bond acceptors (Lipinski definition) is 5. The summed E-state index contributed by atoms with van der Waals surface area (Å²) in [5.41, 5.74) is 1.61. The molecular weight excluding hydrogens is 459 g/mol. The topological polar surface area (TPSA) is 79.2 Å². The molecular formula is C24H24ClFN6O2. The van der Waals surface area contributed by atoms with Gasteiger partial charge in [0.25, 0.3) is 5.56 Å². The molecule has 1 aliphatic heterocycles. The summed E-state index contributed by atoms with van der Waals surface area (Å²) >= 11 is 6.15. The minimum Gasteiger partial charge on any atom is -0.369 e. The lowest BCUT2D eigenvalue weighted by Gasteiger charge is -2.36. The summed E-state index contributed by atoms with van der Waals surface area (Å²) in [6.45, 7) is 4.14. The highest BCUT2D eigenvalue weighted by Gasteiger charge is 2.22. The Labute approximate surface area is 199 Å². The number of benzene rings is 2. The molecule has 0 radical (unpaired) electrons. The smallest absolute Gasteiger partial charge is 0.329 e. The predicted molar refractivity (Wildman–Crippen MR) is 130 cm³/mol. The molecule has 0 saturated carbocycles. The first-order valence-corrected chi connectivity index (χ1v) is 11.4. The molecule has 3 heterocycles. The highest BCUT2D eigenvalue weighted by atomic mass is 35.5. The Morgan fingerprint density at radius 1 is 1.03 bits per heavy atom. The van der Waals surface area contributed by atoms with Crippen LogP contribution in [0.4, 0.5) is 10.1 Å². The number of H-pyrrole nitrogens is 1. The molecule has 4 aromatic rings. The summed E-state index contributed by atoms with van der Waals surface area (Å²) < 4.78 is 16.6. The number of aromatic amines is 1. The lowest BCUT2D eigenvalue weighted by molar-refractivity contribution is 0.241. The molecule has 0 aliphatic carbocycles. The fourth-order valence-electron chi connectivity index (χ4n) is 4.38. The maximum Gasteiger partial charge on any atom is 0.329 e. The summed E-state index contributed by atoms with van der Waals surface area (Å²) in [5, 5.41) is 0.713. The SMILES string of the molecule is Cn1c(=O)[nH]c(=O)c2c1nc(CN1CCN(c3cccc(Cl)c3)CC1)n2Cc1ccc(F)cc1. The van der Waals surface area contributed by atoms with Crippen molar-refractivity contribution in [1.29, 1.82) is 0 Å². The van der Waals surface area contributed by atoms with Gasteiger partial charge in [-0.1, -0.05) is 29.8 Å². The molecule has 0 bridgehead atoms. The van der Waals surface area contributed by atoms with Crippen molar-refractivity contribution in [3.8, 4) is 0 Å². The molecule has 10 heteroatoms. The zero-order valence-electron chi connectivity index (χ0n) is 18.7. The van der Waals surface area contributed by atoms with E-state index < -0.39 is 11.2 Å². The van der Waals surface area contributed by atoms with E-state index >= 15 is 0 Å². The number of aryl methyl sites for hydroxylation is 1. The van der Waals surface area contributed by atoms with Gasteiger partial charge in [-0.3, -0.25) is 19.2 Å². The minimum absolute atomic E-state index is 0.322. The van der Waals surface area contributed by atoms with Crippen molar-refractivity contribution in [3.05, 3.63) is 91.6 Å². The van der Waals surface area contributed by atoms with Gasteiger partial charge < -0.3 is 9.47 Å². The highest BCUT2D eigenvalue weighted by molar-refractivity contribution is 6.30. The first-order chi connectivity index (χ1) is 16.4. The van der Waals surface area contributed by atoms with Crippen LogP contribution in [0.15, 0.2) is 58.1 Å². The van der Waals surface area contributed by atoms with Gasteiger partial charge in [0.15, 0.2) is 11.2 Å². The van der Waals surface area contributed by atoms with E-state index in [2.05, 4.69) is 25.8 Å². The van der Waals surface area contributed by atoms with Crippen LogP contribution in [0.5, 0.6) is 0 Å². The Balaban J connectivity index is 1.44. The summed E-state index contributed by atoms with van der Waals surface area (Å²) in [7, 11) is 1.59. The average Bonchev–Trinajstić information content (AvgIpc) is 3.18. The Morgan fingerprint density at radius 2 is 1.76 bits per heavy atom. The Kier molecular flexibility index (Phi) is 5.97. The van der Waals surface area contributed by atoms with Crippen LogP contribution in [0, 0.1) is 5.82 Å². The molecule has 0 spiro atoms. The van der Waals surface area contributed by atoms with E-state index in [0.717, 1.165) is 37.4 Å². The van der Waals surface area contributed by atoms with Crippen LogP contribution in [0.25, 0.3) is 11.2 Å². The van der Waals surface area contributed by atoms with Crippen molar-refractivity contribution in [2.75, 3.05) is 31.1 Å². The molecule has 176 valence electrons. The normalized spacial score (nSPS) is 14.7. The van der Waals surface area contributed by atoms with Gasteiger partial charge in [0.05, 0.1) is 6.54 Å². The van der Waals surface area contributed by atoms with E-state index in [1.807, 2.05) is 22.8 Å². The van der Waals surface area contributed by atoms with Crippen molar-refractivity contribution < 1.29 is 4.39 Å². The quantitative estimate of drug-likeness (QED) is 0.473. The third kappa shape index (κ3) is 4.36. The molecule has 5 rings (SSSR count). The fourth-order valence-corrected chi connectivity index (χ4v) is 4.56. The lowest BCUT2D eigenvalue weighted by atomic mass is 10.2. The standard InChI is InChI=1S/C24H24ClFN6O2/c1-29-22-21(23(33)28-24(29)34)32(14-16-5-7-18(26)8-6-16)20(27-22)15-30-9-11-31(12-10-30)19-4-2-3-17(25)13-19/h2-8,13H,9-12,14-15H2,1H3,(H,28,33,34).